The van der Waals surface area contributed by atoms with Crippen LogP contribution in [0.25, 0.3) is 0 Å². The van der Waals surface area contributed by atoms with Gasteiger partial charge in [0.05, 0.1) is 24.5 Å². The minimum Gasteiger partial charge on any atom is -0.507 e. The summed E-state index contributed by atoms with van der Waals surface area (Å²) in [4.78, 5) is 4.19. The van der Waals surface area contributed by atoms with Crippen molar-refractivity contribution in [3.8, 4) is 11.5 Å². The van der Waals surface area contributed by atoms with Gasteiger partial charge in [-0.1, -0.05) is 11.6 Å². The fourth-order valence-corrected chi connectivity index (χ4v) is 2.20. The number of nitrogens with one attached hydrogen (secondary N) is 1. The van der Waals surface area contributed by atoms with Crippen molar-refractivity contribution in [1.82, 2.24) is 4.98 Å². The smallest absolute Gasteiger partial charge is 0.129 e. The lowest BCUT2D eigenvalue weighted by atomic mass is 10.1. The summed E-state index contributed by atoms with van der Waals surface area (Å²) in [5, 5.41) is 13.8. The topological polar surface area (TPSA) is 54.4 Å². The van der Waals surface area contributed by atoms with Gasteiger partial charge in [0.15, 0.2) is 0 Å². The average Bonchev–Trinajstić information content (AvgIpc) is 2.41. The van der Waals surface area contributed by atoms with E-state index in [2.05, 4.69) is 10.3 Å². The number of ether oxygens (including phenoxy) is 1. The molecule has 4 nitrogen and oxygen atoms in total. The molecule has 1 heterocycles. The molecule has 1 atom stereocenters. The van der Waals surface area contributed by atoms with E-state index in [-0.39, 0.29) is 11.8 Å². The van der Waals surface area contributed by atoms with Crippen molar-refractivity contribution in [3.05, 3.63) is 46.7 Å². The van der Waals surface area contributed by atoms with E-state index in [4.69, 9.17) is 16.3 Å². The molecule has 2 aromatic rings. The van der Waals surface area contributed by atoms with Gasteiger partial charge in [-0.2, -0.15) is 0 Å². The number of pyridine rings is 1. The molecule has 0 saturated heterocycles. The van der Waals surface area contributed by atoms with Crippen molar-refractivity contribution in [1.29, 1.82) is 0 Å². The van der Waals surface area contributed by atoms with Crippen LogP contribution in [0, 0.1) is 6.92 Å². The minimum atomic E-state index is -0.0671. The van der Waals surface area contributed by atoms with Crippen LogP contribution in [0.3, 0.4) is 0 Å². The highest BCUT2D eigenvalue weighted by atomic mass is 35.5. The highest BCUT2D eigenvalue weighted by molar-refractivity contribution is 6.29. The molecule has 0 saturated carbocycles. The van der Waals surface area contributed by atoms with Gasteiger partial charge in [0.1, 0.15) is 16.7 Å². The average molecular weight is 293 g/mol. The maximum Gasteiger partial charge on any atom is 0.129 e. The first kappa shape index (κ1) is 14.5. The minimum absolute atomic E-state index is 0.0671. The van der Waals surface area contributed by atoms with Gasteiger partial charge in [-0.15, -0.1) is 0 Å². The lowest BCUT2D eigenvalue weighted by Crippen LogP contribution is -2.08. The first-order chi connectivity index (χ1) is 9.51. The quantitative estimate of drug-likeness (QED) is 0.838. The molecule has 2 rings (SSSR count). The third kappa shape index (κ3) is 3.14. The number of phenols is 1. The molecular weight excluding hydrogens is 276 g/mol. The number of aromatic hydroxyl groups is 1. The van der Waals surface area contributed by atoms with Crippen molar-refractivity contribution in [2.45, 2.75) is 19.9 Å². The Kier molecular flexibility index (Phi) is 4.35. The highest BCUT2D eigenvalue weighted by Crippen LogP contribution is 2.31. The van der Waals surface area contributed by atoms with E-state index in [0.717, 1.165) is 16.9 Å². The summed E-state index contributed by atoms with van der Waals surface area (Å²) in [5.41, 5.74) is 2.50. The Bertz CT molecular complexity index is 617. The largest absolute Gasteiger partial charge is 0.507 e. The molecule has 106 valence electrons. The zero-order chi connectivity index (χ0) is 14.7. The van der Waals surface area contributed by atoms with Gasteiger partial charge < -0.3 is 15.2 Å². The molecule has 1 aromatic carbocycles. The lowest BCUT2D eigenvalue weighted by Gasteiger charge is -2.18. The molecule has 1 unspecified atom stereocenters. The van der Waals surface area contributed by atoms with Crippen LogP contribution in [0.4, 0.5) is 5.69 Å². The Morgan fingerprint density at radius 1 is 1.30 bits per heavy atom. The number of nitrogens with zero attached hydrogens (tertiary/aromatic N) is 1. The molecule has 0 amide bonds. The van der Waals surface area contributed by atoms with Crippen LogP contribution in [-0.2, 0) is 0 Å². The summed E-state index contributed by atoms with van der Waals surface area (Å²) in [6.07, 6.45) is 0. The van der Waals surface area contributed by atoms with Crippen LogP contribution in [-0.4, -0.2) is 17.2 Å². The summed E-state index contributed by atoms with van der Waals surface area (Å²) in [6, 6.07) is 8.80. The molecule has 0 aliphatic carbocycles. The van der Waals surface area contributed by atoms with Gasteiger partial charge in [-0.25, -0.2) is 4.98 Å². The Labute approximate surface area is 123 Å². The molecule has 1 aromatic heterocycles. The summed E-state index contributed by atoms with van der Waals surface area (Å²) < 4.78 is 5.08. The normalized spacial score (nSPS) is 12.0. The van der Waals surface area contributed by atoms with Crippen molar-refractivity contribution < 1.29 is 9.84 Å². The van der Waals surface area contributed by atoms with E-state index in [1.54, 1.807) is 19.2 Å². The summed E-state index contributed by atoms with van der Waals surface area (Å²) in [7, 11) is 1.57. The predicted molar refractivity (Wildman–Crippen MR) is 80.7 cm³/mol. The van der Waals surface area contributed by atoms with Crippen LogP contribution in [0.15, 0.2) is 30.3 Å². The number of anilines is 1. The Morgan fingerprint density at radius 2 is 2.05 bits per heavy atom. The molecule has 5 heteroatoms. The number of methoxy groups -OCH3 is 1. The number of aryl methyl sites for hydroxylation is 1. The fourth-order valence-electron chi connectivity index (χ4n) is 2.01. The summed E-state index contributed by atoms with van der Waals surface area (Å²) in [6.45, 7) is 3.85. The maximum atomic E-state index is 10.0. The van der Waals surface area contributed by atoms with Gasteiger partial charge in [0, 0.05) is 11.6 Å². The zero-order valence-corrected chi connectivity index (χ0v) is 12.4. The Morgan fingerprint density at radius 3 is 2.65 bits per heavy atom. The van der Waals surface area contributed by atoms with Gasteiger partial charge >= 0.3 is 0 Å². The van der Waals surface area contributed by atoms with Gasteiger partial charge in [-0.3, -0.25) is 0 Å². The number of benzene rings is 1. The van der Waals surface area contributed by atoms with E-state index in [0.29, 0.717) is 10.9 Å². The Balaban J connectivity index is 2.21. The fraction of sp³-hybridized carbons (Fsp3) is 0.267. The van der Waals surface area contributed by atoms with Gasteiger partial charge in [0.25, 0.3) is 0 Å². The lowest BCUT2D eigenvalue weighted by molar-refractivity contribution is 0.406. The van der Waals surface area contributed by atoms with Crippen LogP contribution >= 0.6 is 11.6 Å². The number of rotatable bonds is 4. The second-order valence-electron chi connectivity index (χ2n) is 4.56. The standard InChI is InChI=1S/C15H17ClN2O2/c1-9(12-5-4-11(20-3)8-14(12)19)17-13-6-7-15(16)18-10(13)2/h4-9,17,19H,1-3H3. The van der Waals surface area contributed by atoms with E-state index >= 15 is 0 Å². The molecule has 0 radical (unpaired) electrons. The third-order valence-electron chi connectivity index (χ3n) is 3.13. The number of halogens is 1. The van der Waals surface area contributed by atoms with Crippen LogP contribution in [0.1, 0.15) is 24.2 Å². The van der Waals surface area contributed by atoms with Crippen LogP contribution in [0.2, 0.25) is 5.15 Å². The van der Waals surface area contributed by atoms with E-state index < -0.39 is 0 Å². The summed E-state index contributed by atoms with van der Waals surface area (Å²) >= 11 is 5.84. The number of aromatic nitrogens is 1. The number of hydrogen-bond acceptors (Lipinski definition) is 4. The SMILES string of the molecule is COc1ccc(C(C)Nc2ccc(Cl)nc2C)c(O)c1. The van der Waals surface area contributed by atoms with Gasteiger partial charge in [0.2, 0.25) is 0 Å². The maximum absolute atomic E-state index is 10.0. The number of hydrogen-bond donors (Lipinski definition) is 2. The number of phenolic OH excluding ortho intramolecular Hbond substituents is 1. The highest BCUT2D eigenvalue weighted by Gasteiger charge is 2.12. The monoisotopic (exact) mass is 292 g/mol. The molecule has 0 fully saturated rings. The van der Waals surface area contributed by atoms with E-state index in [1.807, 2.05) is 32.0 Å². The second kappa shape index (κ2) is 6.01. The molecule has 0 spiro atoms. The van der Waals surface area contributed by atoms with E-state index in [9.17, 15) is 5.11 Å². The first-order valence-electron chi connectivity index (χ1n) is 6.28. The summed E-state index contributed by atoms with van der Waals surface area (Å²) in [5.74, 6) is 0.826. The third-order valence-corrected chi connectivity index (χ3v) is 3.34. The molecule has 0 aliphatic heterocycles. The molecule has 2 N–H and O–H groups in total. The van der Waals surface area contributed by atoms with Gasteiger partial charge in [-0.05, 0) is 38.1 Å². The zero-order valence-electron chi connectivity index (χ0n) is 11.6. The van der Waals surface area contributed by atoms with Crippen molar-refractivity contribution >= 4 is 17.3 Å². The first-order valence-corrected chi connectivity index (χ1v) is 6.65. The van der Waals surface area contributed by atoms with Crippen LogP contribution < -0.4 is 10.1 Å². The Hall–Kier alpha value is -1.94. The molecule has 0 bridgehead atoms. The van der Waals surface area contributed by atoms with Crippen molar-refractivity contribution in [3.63, 3.8) is 0 Å². The van der Waals surface area contributed by atoms with Crippen molar-refractivity contribution in [2.75, 3.05) is 12.4 Å². The van der Waals surface area contributed by atoms with Crippen LogP contribution in [0.5, 0.6) is 11.5 Å². The molecule has 20 heavy (non-hydrogen) atoms. The second-order valence-corrected chi connectivity index (χ2v) is 4.94. The molecule has 0 aliphatic rings. The van der Waals surface area contributed by atoms with E-state index in [1.165, 1.54) is 0 Å². The van der Waals surface area contributed by atoms with Crippen molar-refractivity contribution in [2.24, 2.45) is 0 Å². The predicted octanol–water partition coefficient (Wildman–Crippen LogP) is 3.93. The molecular formula is C15H17ClN2O2.